The molecule has 1 aromatic carbocycles. The highest BCUT2D eigenvalue weighted by Crippen LogP contribution is 2.38. The summed E-state index contributed by atoms with van der Waals surface area (Å²) >= 11 is 6.72. The molecule has 12 heteroatoms. The second-order valence-corrected chi connectivity index (χ2v) is 13.3. The van der Waals surface area contributed by atoms with Gasteiger partial charge in [-0.1, -0.05) is 61.6 Å². The third-order valence-corrected chi connectivity index (χ3v) is 9.04. The summed E-state index contributed by atoms with van der Waals surface area (Å²) in [7, 11) is 4.56. The lowest BCUT2D eigenvalue weighted by Crippen LogP contribution is -2.64. The van der Waals surface area contributed by atoms with Crippen molar-refractivity contribution >= 4 is 35.3 Å². The highest BCUT2D eigenvalue weighted by atomic mass is 35.5. The average molecular weight is 679 g/mol. The number of benzene rings is 1. The average Bonchev–Trinajstić information content (AvgIpc) is 3.00. The molecule has 1 saturated heterocycles. The van der Waals surface area contributed by atoms with Crippen LogP contribution in [0.1, 0.15) is 85.1 Å². The minimum absolute atomic E-state index is 0.0603. The van der Waals surface area contributed by atoms with Crippen LogP contribution in [-0.4, -0.2) is 80.1 Å². The van der Waals surface area contributed by atoms with Gasteiger partial charge in [-0.25, -0.2) is 4.79 Å². The van der Waals surface area contributed by atoms with E-state index < -0.39 is 47.8 Å². The second-order valence-electron chi connectivity index (χ2n) is 12.9. The molecule has 262 valence electrons. The van der Waals surface area contributed by atoms with E-state index in [4.69, 9.17) is 35.3 Å². The Balaban J connectivity index is 2.08. The lowest BCUT2D eigenvalue weighted by atomic mass is 9.93. The van der Waals surface area contributed by atoms with Crippen molar-refractivity contribution in [2.45, 2.75) is 122 Å². The molecule has 0 aliphatic carbocycles. The number of aliphatic hydroxyl groups is 1. The van der Waals surface area contributed by atoms with Crippen molar-refractivity contribution in [3.8, 4) is 5.75 Å². The van der Waals surface area contributed by atoms with E-state index in [-0.39, 0.29) is 30.2 Å². The molecule has 2 N–H and O–H groups in total. The quantitative estimate of drug-likeness (QED) is 0.250. The van der Waals surface area contributed by atoms with Gasteiger partial charge in [0, 0.05) is 27.0 Å². The number of allylic oxidation sites excluding steroid dienone is 3. The van der Waals surface area contributed by atoms with Gasteiger partial charge in [0.15, 0.2) is 5.72 Å². The van der Waals surface area contributed by atoms with E-state index in [1.165, 1.54) is 19.1 Å². The van der Waals surface area contributed by atoms with Crippen molar-refractivity contribution in [1.82, 2.24) is 5.32 Å². The molecule has 0 aromatic heterocycles. The predicted molar refractivity (Wildman–Crippen MR) is 180 cm³/mol. The summed E-state index contributed by atoms with van der Waals surface area (Å²) in [4.78, 5) is 41.1. The summed E-state index contributed by atoms with van der Waals surface area (Å²) in [5.41, 5.74) is -0.793. The van der Waals surface area contributed by atoms with Gasteiger partial charge in [0.1, 0.15) is 34.7 Å². The van der Waals surface area contributed by atoms with Crippen LogP contribution in [-0.2, 0) is 35.0 Å². The Morgan fingerprint density at radius 1 is 1.19 bits per heavy atom. The van der Waals surface area contributed by atoms with E-state index in [0.717, 1.165) is 30.4 Å². The van der Waals surface area contributed by atoms with Gasteiger partial charge < -0.3 is 33.7 Å². The van der Waals surface area contributed by atoms with Crippen molar-refractivity contribution < 1.29 is 43.2 Å². The molecule has 2 aliphatic heterocycles. The van der Waals surface area contributed by atoms with Crippen LogP contribution in [0.25, 0.3) is 0 Å². The Bertz CT molecular complexity index is 1330. The maximum Gasteiger partial charge on any atom is 0.409 e. The fraction of sp³-hybridized carbons (Fsp3) is 0.629. The van der Waals surface area contributed by atoms with Gasteiger partial charge in [-0.05, 0) is 58.2 Å². The normalized spacial score (nSPS) is 28.8. The summed E-state index contributed by atoms with van der Waals surface area (Å²) in [5, 5.41) is 14.4. The molecule has 0 spiro atoms. The Morgan fingerprint density at radius 2 is 1.91 bits per heavy atom. The number of alkyl carbamates (subject to hydrolysis) is 1. The first kappa shape index (κ1) is 38.3. The Morgan fingerprint density at radius 3 is 2.57 bits per heavy atom. The topological polar surface area (TPSA) is 133 Å². The number of methoxy groups -OCH3 is 2. The maximum atomic E-state index is 13.9. The first-order chi connectivity index (χ1) is 22.1. The summed E-state index contributed by atoms with van der Waals surface area (Å²) in [5.74, 6) is -0.395. The van der Waals surface area contributed by atoms with E-state index in [1.807, 2.05) is 25.1 Å². The summed E-state index contributed by atoms with van der Waals surface area (Å²) in [6.45, 7) is 9.16. The molecule has 1 fully saturated rings. The number of carbonyl (C=O) groups excluding carboxylic acids is 3. The molecule has 2 heterocycles. The summed E-state index contributed by atoms with van der Waals surface area (Å²) in [6, 6.07) is 3.64. The van der Waals surface area contributed by atoms with Crippen LogP contribution in [0.15, 0.2) is 35.9 Å². The number of anilines is 1. The minimum Gasteiger partial charge on any atom is -0.495 e. The number of amides is 2. The fourth-order valence-electron chi connectivity index (χ4n) is 5.86. The molecule has 2 amide bonds. The van der Waals surface area contributed by atoms with Gasteiger partial charge in [-0.15, -0.1) is 0 Å². The molecule has 5 atom stereocenters. The zero-order valence-electron chi connectivity index (χ0n) is 28.9. The lowest BCUT2D eigenvalue weighted by Gasteiger charge is -2.44. The van der Waals surface area contributed by atoms with Crippen LogP contribution in [0.5, 0.6) is 5.75 Å². The van der Waals surface area contributed by atoms with Crippen LogP contribution < -0.4 is 15.0 Å². The molecule has 0 radical (unpaired) electrons. The number of carbonyl (C=O) groups is 3. The largest absolute Gasteiger partial charge is 0.495 e. The van der Waals surface area contributed by atoms with E-state index in [0.29, 0.717) is 24.3 Å². The standard InChI is InChI=1S/C35H51ClN2O9/c1-9-10-11-12-16-31(40)46-29-20-30(39)38(6)25-18-24(19-26(43-7)32(25)36)17-22(2)14-13-15-28(44-8)35(42)21-27(45-33(41)37-35)23(3)47-34(29,4)5/h13-15,18-19,23,27-29,42H,9-12,16-17,20-21H2,1-8H3,(H,37,41)/b15-13+,22-14+. The Labute approximate surface area is 283 Å². The molecule has 2 aliphatic rings. The zero-order valence-corrected chi connectivity index (χ0v) is 29.6. The SMILES string of the molecule is CCCCCCC(=O)OC1CC(=O)N(C)c2cc(cc(OC)c2Cl)C/C(C)=C/C=C/C(OC)C2(O)CC(OC(=O)N2)C(C)OC1(C)C. The Hall–Kier alpha value is -3.12. The van der Waals surface area contributed by atoms with Gasteiger partial charge >= 0.3 is 12.1 Å². The van der Waals surface area contributed by atoms with Gasteiger partial charge in [0.05, 0.1) is 25.3 Å². The molecule has 5 unspecified atom stereocenters. The van der Waals surface area contributed by atoms with Gasteiger partial charge in [-0.3, -0.25) is 14.9 Å². The van der Waals surface area contributed by atoms with Crippen LogP contribution in [0.3, 0.4) is 0 Å². The number of rotatable bonds is 8. The number of nitrogens with zero attached hydrogens (tertiary/aromatic N) is 1. The molecule has 3 rings (SSSR count). The van der Waals surface area contributed by atoms with E-state index in [1.54, 1.807) is 40.0 Å². The minimum atomic E-state index is -1.81. The molecule has 1 aromatic rings. The summed E-state index contributed by atoms with van der Waals surface area (Å²) < 4.78 is 29.1. The molecule has 0 saturated carbocycles. The number of fused-ring (bicyclic) bond motifs is 4. The van der Waals surface area contributed by atoms with Crippen molar-refractivity contribution in [2.75, 3.05) is 26.2 Å². The number of hydrogen-bond acceptors (Lipinski definition) is 9. The first-order valence-corrected chi connectivity index (χ1v) is 16.6. The Kier molecular flexibility index (Phi) is 13.7. The van der Waals surface area contributed by atoms with Crippen molar-refractivity contribution in [3.63, 3.8) is 0 Å². The number of hydrogen-bond donors (Lipinski definition) is 2. The highest BCUT2D eigenvalue weighted by molar-refractivity contribution is 6.35. The number of nitrogens with one attached hydrogen (secondary N) is 1. The van der Waals surface area contributed by atoms with Gasteiger partial charge in [-0.2, -0.15) is 0 Å². The first-order valence-electron chi connectivity index (χ1n) is 16.2. The molecule has 11 nitrogen and oxygen atoms in total. The number of halogens is 1. The van der Waals surface area contributed by atoms with Crippen LogP contribution in [0.4, 0.5) is 10.5 Å². The summed E-state index contributed by atoms with van der Waals surface area (Å²) in [6.07, 6.45) is 4.86. The van der Waals surface area contributed by atoms with Crippen LogP contribution >= 0.6 is 11.6 Å². The monoisotopic (exact) mass is 678 g/mol. The predicted octanol–water partition coefficient (Wildman–Crippen LogP) is 6.03. The molecule has 47 heavy (non-hydrogen) atoms. The maximum absolute atomic E-state index is 13.9. The fourth-order valence-corrected chi connectivity index (χ4v) is 6.18. The van der Waals surface area contributed by atoms with E-state index in [2.05, 4.69) is 12.2 Å². The van der Waals surface area contributed by atoms with Crippen LogP contribution in [0.2, 0.25) is 5.02 Å². The van der Waals surface area contributed by atoms with Gasteiger partial charge in [0.2, 0.25) is 5.91 Å². The van der Waals surface area contributed by atoms with Gasteiger partial charge in [0.25, 0.3) is 0 Å². The van der Waals surface area contributed by atoms with Crippen molar-refractivity contribution in [1.29, 1.82) is 0 Å². The lowest BCUT2D eigenvalue weighted by molar-refractivity contribution is -0.201. The molecular weight excluding hydrogens is 628 g/mol. The third kappa shape index (κ3) is 10.2. The van der Waals surface area contributed by atoms with Crippen LogP contribution in [0, 0.1) is 0 Å². The number of ether oxygens (including phenoxy) is 5. The van der Waals surface area contributed by atoms with Crippen molar-refractivity contribution in [3.05, 3.63) is 46.5 Å². The second kappa shape index (κ2) is 16.8. The smallest absolute Gasteiger partial charge is 0.409 e. The molecular formula is C35H51ClN2O9. The third-order valence-electron chi connectivity index (χ3n) is 8.66. The molecule has 4 bridgehead atoms. The number of esters is 1. The van der Waals surface area contributed by atoms with E-state index >= 15 is 0 Å². The zero-order chi connectivity index (χ0) is 34.9. The van der Waals surface area contributed by atoms with E-state index in [9.17, 15) is 19.5 Å². The highest BCUT2D eigenvalue weighted by Gasteiger charge is 2.48. The van der Waals surface area contributed by atoms with Crippen molar-refractivity contribution in [2.24, 2.45) is 0 Å². The number of unbranched alkanes of at least 4 members (excludes halogenated alkanes) is 3.